The molecule has 0 bridgehead atoms. The highest BCUT2D eigenvalue weighted by atomic mass is 32.1. The number of aliphatic hydroxyl groups is 1. The summed E-state index contributed by atoms with van der Waals surface area (Å²) >= 11 is 1.74. The number of rotatable bonds is 5. The third-order valence-electron chi connectivity index (χ3n) is 2.81. The van der Waals surface area contributed by atoms with Crippen molar-refractivity contribution in [2.45, 2.75) is 26.4 Å². The molecule has 0 aliphatic carbocycles. The number of hydrogen-bond acceptors (Lipinski definition) is 3. The first-order chi connectivity index (χ1) is 8.66. The van der Waals surface area contributed by atoms with Gasteiger partial charge < -0.3 is 9.84 Å². The van der Waals surface area contributed by atoms with E-state index in [0.717, 1.165) is 23.3 Å². The molecule has 1 aromatic carbocycles. The lowest BCUT2D eigenvalue weighted by atomic mass is 10.1. The van der Waals surface area contributed by atoms with Gasteiger partial charge in [-0.25, -0.2) is 0 Å². The molecule has 2 rings (SSSR count). The molecule has 2 nitrogen and oxygen atoms in total. The van der Waals surface area contributed by atoms with Gasteiger partial charge in [-0.1, -0.05) is 18.2 Å². The quantitative estimate of drug-likeness (QED) is 0.889. The van der Waals surface area contributed by atoms with Crippen LogP contribution in [0.4, 0.5) is 0 Å². The maximum absolute atomic E-state index is 9.70. The van der Waals surface area contributed by atoms with Crippen molar-refractivity contribution >= 4 is 11.3 Å². The number of ether oxygens (including phenoxy) is 1. The highest BCUT2D eigenvalue weighted by molar-refractivity contribution is 7.09. The van der Waals surface area contributed by atoms with Crippen LogP contribution in [0, 0.1) is 6.92 Å². The molecule has 0 unspecified atom stereocenters. The van der Waals surface area contributed by atoms with E-state index in [1.807, 2.05) is 31.2 Å². The van der Waals surface area contributed by atoms with E-state index in [4.69, 9.17) is 4.74 Å². The summed E-state index contributed by atoms with van der Waals surface area (Å²) < 4.78 is 5.80. The lowest BCUT2D eigenvalue weighted by molar-refractivity contribution is 0.191. The Morgan fingerprint density at radius 3 is 2.83 bits per heavy atom. The Hall–Kier alpha value is -1.32. The average molecular weight is 262 g/mol. The Bertz CT molecular complexity index is 489. The van der Waals surface area contributed by atoms with Gasteiger partial charge in [-0.2, -0.15) is 0 Å². The third-order valence-corrected chi connectivity index (χ3v) is 3.74. The minimum atomic E-state index is -0.498. The van der Waals surface area contributed by atoms with E-state index in [1.54, 1.807) is 18.3 Å². The fourth-order valence-electron chi connectivity index (χ4n) is 1.83. The Morgan fingerprint density at radius 1 is 1.33 bits per heavy atom. The lowest BCUT2D eigenvalue weighted by Gasteiger charge is -2.14. The summed E-state index contributed by atoms with van der Waals surface area (Å²) in [7, 11) is 0. The van der Waals surface area contributed by atoms with Crippen molar-refractivity contribution < 1.29 is 9.84 Å². The Kier molecular flexibility index (Phi) is 4.39. The van der Waals surface area contributed by atoms with Crippen molar-refractivity contribution in [3.8, 4) is 5.75 Å². The largest absolute Gasteiger partial charge is 0.493 e. The van der Waals surface area contributed by atoms with Crippen LogP contribution in [0.3, 0.4) is 0 Å². The number of thiophene rings is 1. The zero-order chi connectivity index (χ0) is 13.0. The molecule has 0 saturated heterocycles. The molecule has 1 heterocycles. The van der Waals surface area contributed by atoms with E-state index < -0.39 is 6.10 Å². The van der Waals surface area contributed by atoms with Crippen LogP contribution in [-0.2, 0) is 6.42 Å². The van der Waals surface area contributed by atoms with Crippen LogP contribution in [0.15, 0.2) is 35.7 Å². The maximum Gasteiger partial charge on any atom is 0.125 e. The van der Waals surface area contributed by atoms with Crippen LogP contribution in [-0.4, -0.2) is 11.7 Å². The molecule has 1 atom stereocenters. The van der Waals surface area contributed by atoms with Gasteiger partial charge in [-0.05, 0) is 36.9 Å². The second-order valence-corrected chi connectivity index (χ2v) is 5.43. The topological polar surface area (TPSA) is 29.5 Å². The molecule has 1 aromatic heterocycles. The van der Waals surface area contributed by atoms with Crippen molar-refractivity contribution in [1.29, 1.82) is 0 Å². The maximum atomic E-state index is 9.70. The summed E-state index contributed by atoms with van der Waals surface area (Å²) in [5.74, 6) is 0.793. The molecule has 0 aliphatic rings. The van der Waals surface area contributed by atoms with E-state index >= 15 is 0 Å². The molecule has 0 spiro atoms. The zero-order valence-electron chi connectivity index (χ0n) is 10.7. The number of hydrogen-bond donors (Lipinski definition) is 1. The minimum Gasteiger partial charge on any atom is -0.493 e. The normalized spacial score (nSPS) is 12.4. The van der Waals surface area contributed by atoms with E-state index in [1.165, 1.54) is 4.88 Å². The molecule has 0 fully saturated rings. The predicted molar refractivity (Wildman–Crippen MR) is 75.3 cm³/mol. The molecule has 0 radical (unpaired) electrons. The molecule has 0 amide bonds. The fourth-order valence-corrected chi connectivity index (χ4v) is 2.52. The van der Waals surface area contributed by atoms with Crippen molar-refractivity contribution in [3.63, 3.8) is 0 Å². The summed E-state index contributed by atoms with van der Waals surface area (Å²) in [6.07, 6.45) is 0.410. The van der Waals surface area contributed by atoms with E-state index in [-0.39, 0.29) is 0 Å². The molecule has 0 saturated carbocycles. The van der Waals surface area contributed by atoms with Crippen molar-refractivity contribution in [2.24, 2.45) is 0 Å². The molecular formula is C15H18O2S. The first-order valence-electron chi connectivity index (χ1n) is 6.10. The molecule has 96 valence electrons. The van der Waals surface area contributed by atoms with Gasteiger partial charge in [-0.15, -0.1) is 11.3 Å². The van der Waals surface area contributed by atoms with Gasteiger partial charge in [0, 0.05) is 16.9 Å². The van der Waals surface area contributed by atoms with Crippen molar-refractivity contribution in [1.82, 2.24) is 0 Å². The fraction of sp³-hybridized carbons (Fsp3) is 0.333. The molecule has 18 heavy (non-hydrogen) atoms. The number of aryl methyl sites for hydroxylation is 1. The monoisotopic (exact) mass is 262 g/mol. The SMILES string of the molecule is Cc1ccc([C@H](C)O)c(OCCc2cccs2)c1. The first kappa shape index (κ1) is 13.1. The number of aliphatic hydroxyl groups excluding tert-OH is 1. The summed E-state index contributed by atoms with van der Waals surface area (Å²) in [5, 5.41) is 11.8. The van der Waals surface area contributed by atoms with E-state index in [0.29, 0.717) is 6.61 Å². The van der Waals surface area contributed by atoms with Gasteiger partial charge in [0.25, 0.3) is 0 Å². The van der Waals surface area contributed by atoms with E-state index in [2.05, 4.69) is 11.4 Å². The Morgan fingerprint density at radius 2 is 2.17 bits per heavy atom. The summed E-state index contributed by atoms with van der Waals surface area (Å²) in [4.78, 5) is 1.32. The van der Waals surface area contributed by atoms with Gasteiger partial charge in [0.15, 0.2) is 0 Å². The Labute approximate surface area is 112 Å². The van der Waals surface area contributed by atoms with Gasteiger partial charge in [0.2, 0.25) is 0 Å². The van der Waals surface area contributed by atoms with Gasteiger partial charge in [0.1, 0.15) is 5.75 Å². The summed E-state index contributed by atoms with van der Waals surface area (Å²) in [6.45, 7) is 4.43. The molecule has 2 aromatic rings. The highest BCUT2D eigenvalue weighted by Gasteiger charge is 2.09. The zero-order valence-corrected chi connectivity index (χ0v) is 11.5. The average Bonchev–Trinajstić information content (AvgIpc) is 2.82. The predicted octanol–water partition coefficient (Wildman–Crippen LogP) is 3.73. The standard InChI is InChI=1S/C15H18O2S/c1-11-5-6-14(12(2)16)15(10-11)17-8-7-13-4-3-9-18-13/h3-6,9-10,12,16H,7-8H2,1-2H3/t12-/m0/s1. The van der Waals surface area contributed by atoms with Crippen molar-refractivity contribution in [2.75, 3.05) is 6.61 Å². The van der Waals surface area contributed by atoms with Crippen LogP contribution in [0.25, 0.3) is 0 Å². The van der Waals surface area contributed by atoms with E-state index in [9.17, 15) is 5.11 Å². The summed E-state index contributed by atoms with van der Waals surface area (Å²) in [5.41, 5.74) is 2.00. The second kappa shape index (κ2) is 6.03. The lowest BCUT2D eigenvalue weighted by Crippen LogP contribution is -2.04. The van der Waals surface area contributed by atoms with Crippen LogP contribution >= 0.6 is 11.3 Å². The smallest absolute Gasteiger partial charge is 0.125 e. The van der Waals surface area contributed by atoms with Crippen LogP contribution in [0.2, 0.25) is 0 Å². The van der Waals surface area contributed by atoms with Gasteiger partial charge in [0.05, 0.1) is 12.7 Å². The van der Waals surface area contributed by atoms with Gasteiger partial charge in [-0.3, -0.25) is 0 Å². The molecule has 3 heteroatoms. The van der Waals surface area contributed by atoms with Crippen LogP contribution in [0.5, 0.6) is 5.75 Å². The number of benzene rings is 1. The highest BCUT2D eigenvalue weighted by Crippen LogP contribution is 2.26. The Balaban J connectivity index is 2.01. The molecule has 0 aliphatic heterocycles. The third kappa shape index (κ3) is 3.34. The first-order valence-corrected chi connectivity index (χ1v) is 6.98. The molecule has 1 N–H and O–H groups in total. The van der Waals surface area contributed by atoms with Crippen LogP contribution < -0.4 is 4.74 Å². The minimum absolute atomic E-state index is 0.498. The molecular weight excluding hydrogens is 244 g/mol. The van der Waals surface area contributed by atoms with Gasteiger partial charge >= 0.3 is 0 Å². The summed E-state index contributed by atoms with van der Waals surface area (Å²) in [6, 6.07) is 10.1. The van der Waals surface area contributed by atoms with Crippen LogP contribution in [0.1, 0.15) is 29.0 Å². The van der Waals surface area contributed by atoms with Crippen molar-refractivity contribution in [3.05, 3.63) is 51.7 Å². The second-order valence-electron chi connectivity index (χ2n) is 4.40.